The SMILES string of the molecule is O=C(O)NCc1ccc(C2CCC3(CC2)OCCO3)cc1. The molecule has 1 aliphatic carbocycles. The van der Waals surface area contributed by atoms with Crippen LogP contribution in [0.3, 0.4) is 0 Å². The summed E-state index contributed by atoms with van der Waals surface area (Å²) in [6.45, 7) is 1.79. The van der Waals surface area contributed by atoms with Gasteiger partial charge in [0, 0.05) is 19.4 Å². The predicted molar refractivity (Wildman–Crippen MR) is 77.2 cm³/mol. The van der Waals surface area contributed by atoms with Gasteiger partial charge >= 0.3 is 6.09 Å². The summed E-state index contributed by atoms with van der Waals surface area (Å²) in [6.07, 6.45) is 3.08. The first-order valence-electron chi connectivity index (χ1n) is 7.50. The molecule has 1 aliphatic heterocycles. The van der Waals surface area contributed by atoms with Gasteiger partial charge in [0.05, 0.1) is 13.2 Å². The Morgan fingerprint density at radius 2 is 1.81 bits per heavy atom. The van der Waals surface area contributed by atoms with Crippen LogP contribution in [0, 0.1) is 0 Å². The van der Waals surface area contributed by atoms with E-state index in [0.717, 1.165) is 44.5 Å². The van der Waals surface area contributed by atoms with Crippen molar-refractivity contribution in [3.05, 3.63) is 35.4 Å². The molecular weight excluding hydrogens is 270 g/mol. The van der Waals surface area contributed by atoms with Gasteiger partial charge in [-0.3, -0.25) is 0 Å². The molecule has 5 heteroatoms. The topological polar surface area (TPSA) is 67.8 Å². The standard InChI is InChI=1S/C16H21NO4/c18-15(19)17-11-12-1-3-13(4-2-12)14-5-7-16(8-6-14)20-9-10-21-16/h1-4,14,17H,5-11H2,(H,18,19). The molecule has 3 rings (SSSR count). The lowest BCUT2D eigenvalue weighted by atomic mass is 9.81. The molecule has 0 radical (unpaired) electrons. The normalized spacial score (nSPS) is 21.5. The molecule has 21 heavy (non-hydrogen) atoms. The highest BCUT2D eigenvalue weighted by molar-refractivity contribution is 5.64. The molecule has 1 aromatic rings. The van der Waals surface area contributed by atoms with Gasteiger partial charge < -0.3 is 19.9 Å². The third-order valence-corrected chi connectivity index (χ3v) is 4.46. The molecule has 1 aromatic carbocycles. The van der Waals surface area contributed by atoms with Crippen molar-refractivity contribution in [1.82, 2.24) is 5.32 Å². The summed E-state index contributed by atoms with van der Waals surface area (Å²) < 4.78 is 11.5. The maximum Gasteiger partial charge on any atom is 0.404 e. The molecule has 0 bridgehead atoms. The van der Waals surface area contributed by atoms with Crippen LogP contribution in [0.2, 0.25) is 0 Å². The monoisotopic (exact) mass is 291 g/mol. The van der Waals surface area contributed by atoms with Gasteiger partial charge in [-0.15, -0.1) is 0 Å². The quantitative estimate of drug-likeness (QED) is 0.898. The van der Waals surface area contributed by atoms with Gasteiger partial charge in [0.2, 0.25) is 0 Å². The van der Waals surface area contributed by atoms with Crippen molar-refractivity contribution in [2.45, 2.75) is 43.9 Å². The molecule has 5 nitrogen and oxygen atoms in total. The molecule has 114 valence electrons. The fraction of sp³-hybridized carbons (Fsp3) is 0.562. The van der Waals surface area contributed by atoms with Crippen LogP contribution in [0.5, 0.6) is 0 Å². The predicted octanol–water partition coefficient (Wildman–Crippen LogP) is 2.85. The molecule has 2 aliphatic rings. The molecular formula is C16H21NO4. The van der Waals surface area contributed by atoms with Gasteiger partial charge in [-0.05, 0) is 29.9 Å². The minimum atomic E-state index is -0.992. The highest BCUT2D eigenvalue weighted by atomic mass is 16.7. The Hall–Kier alpha value is -1.59. The van der Waals surface area contributed by atoms with E-state index >= 15 is 0 Å². The molecule has 0 unspecified atom stereocenters. The van der Waals surface area contributed by atoms with Crippen LogP contribution in [-0.4, -0.2) is 30.2 Å². The zero-order valence-electron chi connectivity index (χ0n) is 12.0. The van der Waals surface area contributed by atoms with Crippen LogP contribution in [0.25, 0.3) is 0 Å². The van der Waals surface area contributed by atoms with Crippen molar-refractivity contribution in [3.63, 3.8) is 0 Å². The lowest BCUT2D eigenvalue weighted by Crippen LogP contribution is -2.34. The van der Waals surface area contributed by atoms with E-state index in [1.807, 2.05) is 12.1 Å². The number of carbonyl (C=O) groups is 1. The summed E-state index contributed by atoms with van der Waals surface area (Å²) >= 11 is 0. The number of carboxylic acid groups (broad SMARTS) is 1. The van der Waals surface area contributed by atoms with E-state index in [0.29, 0.717) is 12.5 Å². The highest BCUT2D eigenvalue weighted by Gasteiger charge is 2.40. The van der Waals surface area contributed by atoms with Crippen LogP contribution in [-0.2, 0) is 16.0 Å². The van der Waals surface area contributed by atoms with Crippen molar-refractivity contribution in [1.29, 1.82) is 0 Å². The van der Waals surface area contributed by atoms with Crippen LogP contribution < -0.4 is 5.32 Å². The number of hydrogen-bond acceptors (Lipinski definition) is 3. The van der Waals surface area contributed by atoms with Gasteiger partial charge in [0.25, 0.3) is 0 Å². The Morgan fingerprint density at radius 1 is 1.19 bits per heavy atom. The molecule has 1 saturated heterocycles. The summed E-state index contributed by atoms with van der Waals surface area (Å²) in [4.78, 5) is 10.5. The van der Waals surface area contributed by atoms with E-state index < -0.39 is 6.09 Å². The van der Waals surface area contributed by atoms with E-state index in [9.17, 15) is 4.79 Å². The van der Waals surface area contributed by atoms with Crippen molar-refractivity contribution < 1.29 is 19.4 Å². The zero-order chi connectivity index (χ0) is 14.7. The van der Waals surface area contributed by atoms with E-state index in [2.05, 4.69) is 17.4 Å². The van der Waals surface area contributed by atoms with E-state index in [1.165, 1.54) is 5.56 Å². The number of amides is 1. The second-order valence-corrected chi connectivity index (χ2v) is 5.78. The molecule has 0 atom stereocenters. The van der Waals surface area contributed by atoms with E-state index in [-0.39, 0.29) is 5.79 Å². The first-order chi connectivity index (χ1) is 10.2. The Labute approximate surface area is 124 Å². The number of rotatable bonds is 3. The van der Waals surface area contributed by atoms with Crippen LogP contribution in [0.1, 0.15) is 42.7 Å². The van der Waals surface area contributed by atoms with Crippen molar-refractivity contribution in [3.8, 4) is 0 Å². The Bertz CT molecular complexity index is 484. The largest absolute Gasteiger partial charge is 0.465 e. The Kier molecular flexibility index (Phi) is 4.12. The summed E-state index contributed by atoms with van der Waals surface area (Å²) in [5.74, 6) is 0.242. The lowest BCUT2D eigenvalue weighted by molar-refractivity contribution is -0.178. The van der Waals surface area contributed by atoms with Gasteiger partial charge in [-0.25, -0.2) is 4.79 Å². The lowest BCUT2D eigenvalue weighted by Gasteiger charge is -2.35. The van der Waals surface area contributed by atoms with Gasteiger partial charge in [-0.2, -0.15) is 0 Å². The zero-order valence-corrected chi connectivity index (χ0v) is 12.0. The minimum Gasteiger partial charge on any atom is -0.465 e. The Morgan fingerprint density at radius 3 is 2.38 bits per heavy atom. The molecule has 1 heterocycles. The first-order valence-corrected chi connectivity index (χ1v) is 7.50. The molecule has 2 N–H and O–H groups in total. The number of ether oxygens (including phenoxy) is 2. The molecule has 1 spiro atoms. The van der Waals surface area contributed by atoms with Crippen molar-refractivity contribution in [2.24, 2.45) is 0 Å². The van der Waals surface area contributed by atoms with Crippen molar-refractivity contribution >= 4 is 6.09 Å². The van der Waals surface area contributed by atoms with Crippen LogP contribution in [0.15, 0.2) is 24.3 Å². The Balaban J connectivity index is 1.56. The third kappa shape index (κ3) is 3.36. The minimum absolute atomic E-state index is 0.304. The number of hydrogen-bond donors (Lipinski definition) is 2. The highest BCUT2D eigenvalue weighted by Crippen LogP contribution is 2.42. The molecule has 1 saturated carbocycles. The van der Waals surface area contributed by atoms with Crippen molar-refractivity contribution in [2.75, 3.05) is 13.2 Å². The molecule has 2 fully saturated rings. The maximum atomic E-state index is 10.5. The smallest absolute Gasteiger partial charge is 0.404 e. The fourth-order valence-electron chi connectivity index (χ4n) is 3.26. The fourth-order valence-corrected chi connectivity index (χ4v) is 3.26. The summed E-state index contributed by atoms with van der Waals surface area (Å²) in [5, 5.41) is 11.0. The van der Waals surface area contributed by atoms with E-state index in [1.54, 1.807) is 0 Å². The second kappa shape index (κ2) is 6.03. The van der Waals surface area contributed by atoms with Gasteiger partial charge in [0.15, 0.2) is 5.79 Å². The summed E-state index contributed by atoms with van der Waals surface area (Å²) in [7, 11) is 0. The van der Waals surface area contributed by atoms with Crippen LogP contribution in [0.4, 0.5) is 4.79 Å². The maximum absolute atomic E-state index is 10.5. The molecule has 1 amide bonds. The average molecular weight is 291 g/mol. The summed E-state index contributed by atoms with van der Waals surface area (Å²) in [6, 6.07) is 8.21. The molecule has 0 aromatic heterocycles. The van der Waals surface area contributed by atoms with Gasteiger partial charge in [-0.1, -0.05) is 24.3 Å². The summed E-state index contributed by atoms with van der Waals surface area (Å²) in [5.41, 5.74) is 2.30. The number of nitrogens with one attached hydrogen (secondary N) is 1. The average Bonchev–Trinajstić information content (AvgIpc) is 2.95. The second-order valence-electron chi connectivity index (χ2n) is 5.78. The third-order valence-electron chi connectivity index (χ3n) is 4.46. The van der Waals surface area contributed by atoms with Gasteiger partial charge in [0.1, 0.15) is 0 Å². The van der Waals surface area contributed by atoms with E-state index in [4.69, 9.17) is 14.6 Å². The van der Waals surface area contributed by atoms with Crippen LogP contribution >= 0.6 is 0 Å². The number of benzene rings is 1. The first kappa shape index (κ1) is 14.4.